The zero-order valence-corrected chi connectivity index (χ0v) is 15.2. The molecule has 3 rings (SSSR count). The van der Waals surface area contributed by atoms with Crippen LogP contribution in [0.4, 0.5) is 0 Å². The van der Waals surface area contributed by atoms with Gasteiger partial charge in [-0.2, -0.15) is 5.10 Å². The summed E-state index contributed by atoms with van der Waals surface area (Å²) in [5.74, 6) is 0. The van der Waals surface area contributed by atoms with Crippen molar-refractivity contribution in [1.29, 1.82) is 0 Å². The number of rotatable bonds is 6. The van der Waals surface area contributed by atoms with E-state index in [0.29, 0.717) is 27.3 Å². The van der Waals surface area contributed by atoms with Gasteiger partial charge in [-0.25, -0.2) is 9.67 Å². The Morgan fingerprint density at radius 2 is 1.80 bits per heavy atom. The molecule has 0 spiro atoms. The molecule has 25 heavy (non-hydrogen) atoms. The summed E-state index contributed by atoms with van der Waals surface area (Å²) in [6.45, 7) is 0.639. The van der Waals surface area contributed by atoms with E-state index in [4.69, 9.17) is 39.6 Å². The van der Waals surface area contributed by atoms with Crippen LogP contribution in [-0.4, -0.2) is 20.5 Å². The van der Waals surface area contributed by atoms with Crippen molar-refractivity contribution >= 4 is 40.5 Å². The Kier molecular flexibility index (Phi) is 5.91. The van der Waals surface area contributed by atoms with Gasteiger partial charge in [0.25, 0.3) is 0 Å². The number of hydrogen-bond donors (Lipinski definition) is 0. The highest BCUT2D eigenvalue weighted by molar-refractivity contribution is 6.35. The number of halogens is 3. The molecule has 0 aliphatic rings. The number of aromatic nitrogens is 3. The third kappa shape index (κ3) is 4.95. The van der Waals surface area contributed by atoms with Gasteiger partial charge < -0.3 is 4.84 Å². The second-order valence-corrected chi connectivity index (χ2v) is 6.43. The fourth-order valence-electron chi connectivity index (χ4n) is 2.10. The van der Waals surface area contributed by atoms with Crippen molar-refractivity contribution in [3.05, 3.63) is 81.3 Å². The summed E-state index contributed by atoms with van der Waals surface area (Å²) in [5, 5.41) is 10.1. The zero-order chi connectivity index (χ0) is 17.6. The maximum atomic E-state index is 6.14. The van der Waals surface area contributed by atoms with Gasteiger partial charge in [-0.3, -0.25) is 0 Å². The molecule has 0 N–H and O–H groups in total. The first kappa shape index (κ1) is 17.7. The van der Waals surface area contributed by atoms with Crippen molar-refractivity contribution in [2.24, 2.45) is 5.16 Å². The number of benzene rings is 2. The Labute approximate surface area is 159 Å². The van der Waals surface area contributed by atoms with E-state index < -0.39 is 0 Å². The molecule has 3 aromatic rings. The Hall–Kier alpha value is -2.08. The fourth-order valence-corrected chi connectivity index (χ4v) is 2.69. The Balaban J connectivity index is 1.78. The van der Waals surface area contributed by atoms with Gasteiger partial charge in [0.1, 0.15) is 25.0 Å². The minimum atomic E-state index is 0.227. The molecule has 0 atom stereocenters. The third-order valence-electron chi connectivity index (χ3n) is 3.37. The molecule has 5 nitrogen and oxygen atoms in total. The summed E-state index contributed by atoms with van der Waals surface area (Å²) in [7, 11) is 0. The average molecular weight is 396 g/mol. The van der Waals surface area contributed by atoms with E-state index in [-0.39, 0.29) is 6.61 Å². The molecule has 1 aromatic heterocycles. The van der Waals surface area contributed by atoms with Gasteiger partial charge >= 0.3 is 0 Å². The van der Waals surface area contributed by atoms with Crippen LogP contribution >= 0.6 is 34.8 Å². The monoisotopic (exact) mass is 394 g/mol. The molecule has 0 aliphatic carbocycles. The molecule has 1 heterocycles. The van der Waals surface area contributed by atoms with E-state index >= 15 is 0 Å². The minimum absolute atomic E-state index is 0.227. The van der Waals surface area contributed by atoms with Gasteiger partial charge in [0, 0.05) is 26.2 Å². The number of nitrogens with zero attached hydrogens (tertiary/aromatic N) is 4. The fraction of sp³-hybridized carbons (Fsp3) is 0.118. The first-order valence-electron chi connectivity index (χ1n) is 7.33. The van der Waals surface area contributed by atoms with Crippen LogP contribution in [0.25, 0.3) is 0 Å². The lowest BCUT2D eigenvalue weighted by molar-refractivity contribution is 0.130. The highest BCUT2D eigenvalue weighted by Crippen LogP contribution is 2.21. The molecular formula is C17H13Cl3N4O. The Morgan fingerprint density at radius 1 is 1.04 bits per heavy atom. The van der Waals surface area contributed by atoms with Crippen LogP contribution in [0, 0.1) is 0 Å². The maximum Gasteiger partial charge on any atom is 0.143 e. The van der Waals surface area contributed by atoms with Crippen LogP contribution in [0.3, 0.4) is 0 Å². The molecule has 0 saturated carbocycles. The van der Waals surface area contributed by atoms with Gasteiger partial charge in [0.05, 0.1) is 6.54 Å². The molecular weight excluding hydrogens is 383 g/mol. The normalized spacial score (nSPS) is 11.6. The molecule has 0 unspecified atom stereocenters. The van der Waals surface area contributed by atoms with Crippen LogP contribution in [0.15, 0.2) is 60.3 Å². The van der Waals surface area contributed by atoms with Crippen molar-refractivity contribution in [1.82, 2.24) is 14.8 Å². The van der Waals surface area contributed by atoms with E-state index in [1.54, 1.807) is 41.3 Å². The second-order valence-electron chi connectivity index (χ2n) is 5.15. The first-order valence-corrected chi connectivity index (χ1v) is 8.46. The van der Waals surface area contributed by atoms with Crippen molar-refractivity contribution in [3.8, 4) is 0 Å². The smallest absolute Gasteiger partial charge is 0.143 e. The van der Waals surface area contributed by atoms with E-state index in [2.05, 4.69) is 15.2 Å². The molecule has 0 bridgehead atoms. The molecule has 0 radical (unpaired) electrons. The highest BCUT2D eigenvalue weighted by Gasteiger charge is 2.08. The molecule has 0 fully saturated rings. The van der Waals surface area contributed by atoms with Crippen molar-refractivity contribution in [2.75, 3.05) is 0 Å². The SMILES string of the molecule is Clc1ccc(C(Cn2cncn2)=NOCc2ccc(Cl)cc2Cl)cc1. The van der Waals surface area contributed by atoms with Gasteiger partial charge in [0.15, 0.2) is 0 Å². The summed E-state index contributed by atoms with van der Waals surface area (Å²) >= 11 is 18.0. The Bertz CT molecular complexity index is 864. The summed E-state index contributed by atoms with van der Waals surface area (Å²) in [6, 6.07) is 12.6. The number of oxime groups is 1. The number of hydrogen-bond acceptors (Lipinski definition) is 4. The van der Waals surface area contributed by atoms with Crippen LogP contribution < -0.4 is 0 Å². The van der Waals surface area contributed by atoms with E-state index in [1.807, 2.05) is 12.1 Å². The lowest BCUT2D eigenvalue weighted by Gasteiger charge is -2.08. The van der Waals surface area contributed by atoms with Crippen molar-refractivity contribution in [3.63, 3.8) is 0 Å². The Morgan fingerprint density at radius 3 is 2.48 bits per heavy atom. The van der Waals surface area contributed by atoms with Gasteiger partial charge in [-0.15, -0.1) is 0 Å². The van der Waals surface area contributed by atoms with Crippen LogP contribution in [0.2, 0.25) is 15.1 Å². The van der Waals surface area contributed by atoms with Crippen LogP contribution in [0.1, 0.15) is 11.1 Å². The quantitative estimate of drug-likeness (QED) is 0.442. The summed E-state index contributed by atoms with van der Waals surface area (Å²) in [6.07, 6.45) is 3.08. The van der Waals surface area contributed by atoms with Gasteiger partial charge in [0.2, 0.25) is 0 Å². The van der Waals surface area contributed by atoms with Crippen molar-refractivity contribution in [2.45, 2.75) is 13.2 Å². The molecule has 2 aromatic carbocycles. The molecule has 0 aliphatic heterocycles. The highest BCUT2D eigenvalue weighted by atomic mass is 35.5. The first-order chi connectivity index (χ1) is 12.1. The zero-order valence-electron chi connectivity index (χ0n) is 12.9. The predicted molar refractivity (Wildman–Crippen MR) is 99.3 cm³/mol. The maximum absolute atomic E-state index is 6.14. The largest absolute Gasteiger partial charge is 0.391 e. The minimum Gasteiger partial charge on any atom is -0.391 e. The molecule has 0 amide bonds. The summed E-state index contributed by atoms with van der Waals surface area (Å²) < 4.78 is 1.66. The van der Waals surface area contributed by atoms with E-state index in [0.717, 1.165) is 11.1 Å². The predicted octanol–water partition coefficient (Wildman–Crippen LogP) is 4.86. The molecule has 8 heteroatoms. The van der Waals surface area contributed by atoms with Crippen molar-refractivity contribution < 1.29 is 4.84 Å². The lowest BCUT2D eigenvalue weighted by Crippen LogP contribution is -2.13. The van der Waals surface area contributed by atoms with E-state index in [9.17, 15) is 0 Å². The summed E-state index contributed by atoms with van der Waals surface area (Å²) in [5.41, 5.74) is 2.36. The van der Waals surface area contributed by atoms with Crippen LogP contribution in [0.5, 0.6) is 0 Å². The lowest BCUT2D eigenvalue weighted by atomic mass is 10.1. The standard InChI is InChI=1S/C17H13Cl3N4O/c18-14-4-1-12(2-5-14)17(8-24-11-21-10-22-24)23-25-9-13-3-6-15(19)7-16(13)20/h1-7,10-11H,8-9H2. The average Bonchev–Trinajstić information content (AvgIpc) is 3.10. The molecule has 128 valence electrons. The second kappa shape index (κ2) is 8.34. The van der Waals surface area contributed by atoms with Gasteiger partial charge in [-0.1, -0.05) is 58.2 Å². The van der Waals surface area contributed by atoms with Crippen LogP contribution in [-0.2, 0) is 18.0 Å². The molecule has 0 saturated heterocycles. The van der Waals surface area contributed by atoms with E-state index in [1.165, 1.54) is 6.33 Å². The summed E-state index contributed by atoms with van der Waals surface area (Å²) in [4.78, 5) is 9.44. The topological polar surface area (TPSA) is 52.3 Å². The third-order valence-corrected chi connectivity index (χ3v) is 4.20. The van der Waals surface area contributed by atoms with Gasteiger partial charge in [-0.05, 0) is 24.3 Å².